The number of aryl methyl sites for hydroxylation is 1. The molecule has 0 radical (unpaired) electrons. The van der Waals surface area contributed by atoms with E-state index in [0.717, 1.165) is 16.9 Å². The van der Waals surface area contributed by atoms with Crippen LogP contribution in [0.3, 0.4) is 0 Å². The van der Waals surface area contributed by atoms with E-state index in [9.17, 15) is 4.79 Å². The highest BCUT2D eigenvalue weighted by Gasteiger charge is 2.60. The van der Waals surface area contributed by atoms with E-state index in [4.69, 9.17) is 0 Å². The van der Waals surface area contributed by atoms with Gasteiger partial charge in [0, 0.05) is 23.1 Å². The summed E-state index contributed by atoms with van der Waals surface area (Å²) in [4.78, 5) is 21.3. The zero-order valence-electron chi connectivity index (χ0n) is 15.5. The average Bonchev–Trinajstić information content (AvgIpc) is 3.08. The highest BCUT2D eigenvalue weighted by molar-refractivity contribution is 5.96. The van der Waals surface area contributed by atoms with Crippen LogP contribution in [0.25, 0.3) is 11.4 Å². The van der Waals surface area contributed by atoms with Gasteiger partial charge >= 0.3 is 0 Å². The smallest absolute Gasteiger partial charge is 0.228 e. The molecule has 2 atom stereocenters. The number of rotatable bonds is 4. The third-order valence-electron chi connectivity index (χ3n) is 4.91. The Kier molecular flexibility index (Phi) is 4.46. The van der Waals surface area contributed by atoms with Crippen LogP contribution in [0.2, 0.25) is 0 Å². The third kappa shape index (κ3) is 3.63. The largest absolute Gasteiger partial charge is 0.326 e. The highest BCUT2D eigenvalue weighted by Crippen LogP contribution is 2.59. The molecule has 1 fully saturated rings. The maximum Gasteiger partial charge on any atom is 0.228 e. The van der Waals surface area contributed by atoms with Gasteiger partial charge < -0.3 is 5.32 Å². The van der Waals surface area contributed by atoms with Crippen molar-refractivity contribution in [1.82, 2.24) is 9.97 Å². The lowest BCUT2D eigenvalue weighted by molar-refractivity contribution is -0.118. The summed E-state index contributed by atoms with van der Waals surface area (Å²) in [5.74, 6) is 1.14. The zero-order valence-corrected chi connectivity index (χ0v) is 15.5. The Morgan fingerprint density at radius 2 is 1.84 bits per heavy atom. The number of anilines is 1. The van der Waals surface area contributed by atoms with Crippen LogP contribution in [0, 0.1) is 24.2 Å². The summed E-state index contributed by atoms with van der Waals surface area (Å²) < 4.78 is 0. The molecule has 0 unspecified atom stereocenters. The van der Waals surface area contributed by atoms with E-state index in [2.05, 4.69) is 49.1 Å². The van der Waals surface area contributed by atoms with Crippen molar-refractivity contribution in [3.05, 3.63) is 53.9 Å². The molecule has 1 aromatic carbocycles. The number of carbonyl (C=O) groups excluding carboxylic acids is 1. The molecule has 1 heterocycles. The van der Waals surface area contributed by atoms with Gasteiger partial charge in [-0.15, -0.1) is 0 Å². The SMILES string of the molecule is CC(C)=C[C@H]1[C@@H](C(=O)Nc2ccc(-c3nccc(C)n3)cc2)C1(C)C. The number of allylic oxidation sites excluding steroid dienone is 2. The first-order valence-corrected chi connectivity index (χ1v) is 8.65. The Labute approximate surface area is 149 Å². The molecule has 1 saturated carbocycles. The van der Waals surface area contributed by atoms with Crippen molar-refractivity contribution < 1.29 is 4.79 Å². The lowest BCUT2D eigenvalue weighted by Crippen LogP contribution is -2.16. The van der Waals surface area contributed by atoms with Gasteiger partial charge in [0.1, 0.15) is 0 Å². The molecule has 1 aromatic heterocycles. The molecular formula is C21H25N3O. The lowest BCUT2D eigenvalue weighted by atomic mass is 10.1. The first-order valence-electron chi connectivity index (χ1n) is 8.65. The van der Waals surface area contributed by atoms with Crippen LogP contribution in [0.15, 0.2) is 48.2 Å². The number of aromatic nitrogens is 2. The molecule has 1 aliphatic carbocycles. The highest BCUT2D eigenvalue weighted by atomic mass is 16.2. The van der Waals surface area contributed by atoms with Crippen LogP contribution in [-0.4, -0.2) is 15.9 Å². The summed E-state index contributed by atoms with van der Waals surface area (Å²) >= 11 is 0. The standard InChI is InChI=1S/C21H25N3O/c1-13(2)12-17-18(21(17,4)5)20(25)24-16-8-6-15(7-9-16)19-22-11-10-14(3)23-19/h6-12,17-18H,1-5H3,(H,24,25)/t17-,18-/m0/s1. The summed E-state index contributed by atoms with van der Waals surface area (Å²) in [7, 11) is 0. The van der Waals surface area contributed by atoms with Crippen molar-refractivity contribution >= 4 is 11.6 Å². The van der Waals surface area contributed by atoms with E-state index in [0.29, 0.717) is 11.7 Å². The Morgan fingerprint density at radius 3 is 2.44 bits per heavy atom. The number of benzene rings is 1. The molecule has 0 saturated heterocycles. The van der Waals surface area contributed by atoms with E-state index in [1.165, 1.54) is 5.57 Å². The minimum Gasteiger partial charge on any atom is -0.326 e. The van der Waals surface area contributed by atoms with Crippen LogP contribution in [0.4, 0.5) is 5.69 Å². The second-order valence-electron chi connectivity index (χ2n) is 7.66. The van der Waals surface area contributed by atoms with E-state index in [-0.39, 0.29) is 17.2 Å². The van der Waals surface area contributed by atoms with Gasteiger partial charge in [-0.2, -0.15) is 0 Å². The van der Waals surface area contributed by atoms with Gasteiger partial charge in [-0.1, -0.05) is 25.5 Å². The van der Waals surface area contributed by atoms with Gasteiger partial charge in [-0.25, -0.2) is 9.97 Å². The van der Waals surface area contributed by atoms with Gasteiger partial charge in [0.05, 0.1) is 5.92 Å². The van der Waals surface area contributed by atoms with E-state index in [1.807, 2.05) is 37.3 Å². The second-order valence-corrected chi connectivity index (χ2v) is 7.66. The molecule has 4 nitrogen and oxygen atoms in total. The molecule has 1 aliphatic rings. The number of nitrogens with one attached hydrogen (secondary N) is 1. The topological polar surface area (TPSA) is 54.9 Å². The average molecular weight is 335 g/mol. The molecule has 3 rings (SSSR count). The number of carbonyl (C=O) groups is 1. The van der Waals surface area contributed by atoms with Gasteiger partial charge in [0.25, 0.3) is 0 Å². The first kappa shape index (κ1) is 17.3. The Hall–Kier alpha value is -2.49. The first-order chi connectivity index (χ1) is 11.8. The fourth-order valence-corrected chi connectivity index (χ4v) is 3.36. The fraction of sp³-hybridized carbons (Fsp3) is 0.381. The van der Waals surface area contributed by atoms with Crippen molar-refractivity contribution in [3.63, 3.8) is 0 Å². The summed E-state index contributed by atoms with van der Waals surface area (Å²) in [6, 6.07) is 9.57. The van der Waals surface area contributed by atoms with Crippen molar-refractivity contribution in [1.29, 1.82) is 0 Å². The van der Waals surface area contributed by atoms with Crippen LogP contribution in [0.5, 0.6) is 0 Å². The van der Waals surface area contributed by atoms with Crippen molar-refractivity contribution in [2.45, 2.75) is 34.6 Å². The molecule has 0 aliphatic heterocycles. The number of amides is 1. The van der Waals surface area contributed by atoms with Gasteiger partial charge in [-0.05, 0) is 62.4 Å². The summed E-state index contributed by atoms with van der Waals surface area (Å²) in [6.45, 7) is 10.4. The summed E-state index contributed by atoms with van der Waals surface area (Å²) in [6.07, 6.45) is 3.97. The molecule has 2 aromatic rings. The zero-order chi connectivity index (χ0) is 18.2. The molecule has 0 bridgehead atoms. The maximum absolute atomic E-state index is 12.6. The fourth-order valence-electron chi connectivity index (χ4n) is 3.36. The summed E-state index contributed by atoms with van der Waals surface area (Å²) in [5, 5.41) is 3.04. The van der Waals surface area contributed by atoms with Crippen LogP contribution in [0.1, 0.15) is 33.4 Å². The monoisotopic (exact) mass is 335 g/mol. The number of hydrogen-bond acceptors (Lipinski definition) is 3. The maximum atomic E-state index is 12.6. The predicted octanol–water partition coefficient (Wildman–Crippen LogP) is 4.63. The predicted molar refractivity (Wildman–Crippen MR) is 101 cm³/mol. The minimum absolute atomic E-state index is 0.0245. The van der Waals surface area contributed by atoms with E-state index >= 15 is 0 Å². The molecule has 0 spiro atoms. The van der Waals surface area contributed by atoms with Gasteiger partial charge in [-0.3, -0.25) is 4.79 Å². The van der Waals surface area contributed by atoms with E-state index in [1.54, 1.807) is 6.20 Å². The quantitative estimate of drug-likeness (QED) is 0.829. The lowest BCUT2D eigenvalue weighted by Gasteiger charge is -2.07. The Bertz CT molecular complexity index is 817. The Balaban J connectivity index is 1.70. The minimum atomic E-state index is 0.0245. The van der Waals surface area contributed by atoms with Crippen LogP contribution >= 0.6 is 0 Å². The molecule has 130 valence electrons. The second kappa shape index (κ2) is 6.43. The van der Waals surface area contributed by atoms with Gasteiger partial charge in [0.15, 0.2) is 5.82 Å². The molecule has 25 heavy (non-hydrogen) atoms. The molecule has 1 N–H and O–H groups in total. The third-order valence-corrected chi connectivity index (χ3v) is 4.91. The van der Waals surface area contributed by atoms with Crippen molar-refractivity contribution in [3.8, 4) is 11.4 Å². The van der Waals surface area contributed by atoms with Crippen molar-refractivity contribution in [2.75, 3.05) is 5.32 Å². The molecule has 1 amide bonds. The normalized spacial score (nSPS) is 20.7. The number of nitrogens with zero attached hydrogens (tertiary/aromatic N) is 2. The van der Waals surface area contributed by atoms with Crippen LogP contribution < -0.4 is 5.32 Å². The van der Waals surface area contributed by atoms with Crippen molar-refractivity contribution in [2.24, 2.45) is 17.3 Å². The summed E-state index contributed by atoms with van der Waals surface area (Å²) in [5.41, 5.74) is 3.96. The number of hydrogen-bond donors (Lipinski definition) is 1. The van der Waals surface area contributed by atoms with Crippen LogP contribution in [-0.2, 0) is 4.79 Å². The Morgan fingerprint density at radius 1 is 1.16 bits per heavy atom. The van der Waals surface area contributed by atoms with Gasteiger partial charge in [0.2, 0.25) is 5.91 Å². The molecular weight excluding hydrogens is 310 g/mol. The van der Waals surface area contributed by atoms with E-state index < -0.39 is 0 Å². The molecule has 4 heteroatoms.